The predicted octanol–water partition coefficient (Wildman–Crippen LogP) is 2.66. The van der Waals surface area contributed by atoms with E-state index in [1.54, 1.807) is 24.3 Å². The highest BCUT2D eigenvalue weighted by Crippen LogP contribution is 2.28. The molecular formula is C25H19F3N6O5. The largest absolute Gasteiger partial charge is 0.482 e. The number of aromatic nitrogens is 3. The number of carbonyl (C=O) groups is 3. The number of nitrogens with zero attached hydrogens (tertiary/aromatic N) is 3. The summed E-state index contributed by atoms with van der Waals surface area (Å²) in [5, 5.41) is 11.6. The van der Waals surface area contributed by atoms with E-state index in [1.165, 1.54) is 18.2 Å². The third-order valence-corrected chi connectivity index (χ3v) is 5.65. The quantitative estimate of drug-likeness (QED) is 0.313. The van der Waals surface area contributed by atoms with Gasteiger partial charge in [-0.05, 0) is 23.8 Å². The highest BCUT2D eigenvalue weighted by Gasteiger charge is 2.21. The molecule has 4 aromatic rings. The van der Waals surface area contributed by atoms with E-state index in [9.17, 15) is 27.6 Å². The van der Waals surface area contributed by atoms with Crippen molar-refractivity contribution in [2.75, 3.05) is 11.9 Å². The molecule has 11 nitrogen and oxygen atoms in total. The molecule has 3 heterocycles. The first-order chi connectivity index (χ1) is 18.8. The highest BCUT2D eigenvalue weighted by molar-refractivity contribution is 5.98. The van der Waals surface area contributed by atoms with E-state index in [1.807, 2.05) is 0 Å². The number of hydrogen-bond donors (Lipinski definition) is 3. The summed E-state index contributed by atoms with van der Waals surface area (Å²) >= 11 is 0. The third kappa shape index (κ3) is 5.58. The smallest absolute Gasteiger partial charge is 0.387 e. The monoisotopic (exact) mass is 540 g/mol. The van der Waals surface area contributed by atoms with Crippen LogP contribution in [0.1, 0.15) is 32.1 Å². The number of halogens is 3. The van der Waals surface area contributed by atoms with Crippen molar-refractivity contribution in [2.45, 2.75) is 19.7 Å². The second-order valence-corrected chi connectivity index (χ2v) is 8.27. The van der Waals surface area contributed by atoms with Crippen molar-refractivity contribution >= 4 is 29.1 Å². The minimum atomic E-state index is -3.05. The Bertz CT molecular complexity index is 1590. The average Bonchev–Trinajstić information content (AvgIpc) is 3.30. The Morgan fingerprint density at radius 2 is 1.90 bits per heavy atom. The lowest BCUT2D eigenvalue weighted by Crippen LogP contribution is -2.29. The van der Waals surface area contributed by atoms with Gasteiger partial charge < -0.3 is 25.4 Å². The van der Waals surface area contributed by atoms with Crippen LogP contribution in [0.25, 0.3) is 5.65 Å². The minimum Gasteiger partial charge on any atom is -0.482 e. The molecule has 3 N–H and O–H groups in total. The zero-order chi connectivity index (χ0) is 27.5. The SMILES string of the molecule is O=C1COc2ccc(CNC(=O)c3cc(C(=O)NCc4ccccc4OC(F)F)n4ncc(F)c4n3)cc2N1. The van der Waals surface area contributed by atoms with E-state index in [0.717, 1.165) is 16.8 Å². The summed E-state index contributed by atoms with van der Waals surface area (Å²) in [6.45, 7) is -3.31. The number of rotatable bonds is 8. The first-order valence-corrected chi connectivity index (χ1v) is 11.5. The van der Waals surface area contributed by atoms with Crippen LogP contribution in [-0.2, 0) is 17.9 Å². The molecule has 0 radical (unpaired) electrons. The van der Waals surface area contributed by atoms with Gasteiger partial charge >= 0.3 is 6.61 Å². The zero-order valence-electron chi connectivity index (χ0n) is 19.9. The lowest BCUT2D eigenvalue weighted by Gasteiger charge is -2.18. The molecule has 1 aliphatic heterocycles. The summed E-state index contributed by atoms with van der Waals surface area (Å²) in [5.41, 5.74) is 0.527. The minimum absolute atomic E-state index is 0.0268. The number of alkyl halides is 2. The van der Waals surface area contributed by atoms with Crippen LogP contribution in [0.2, 0.25) is 0 Å². The number of fused-ring (bicyclic) bond motifs is 2. The van der Waals surface area contributed by atoms with Crippen LogP contribution < -0.4 is 25.4 Å². The first kappa shape index (κ1) is 25.5. The highest BCUT2D eigenvalue weighted by atomic mass is 19.3. The normalized spacial score (nSPS) is 12.5. The molecule has 0 saturated heterocycles. The van der Waals surface area contributed by atoms with Gasteiger partial charge in [0, 0.05) is 24.7 Å². The number of carbonyl (C=O) groups excluding carboxylic acids is 3. The van der Waals surface area contributed by atoms with Crippen LogP contribution in [0, 0.1) is 5.82 Å². The van der Waals surface area contributed by atoms with Crippen molar-refractivity contribution in [1.82, 2.24) is 25.2 Å². The second kappa shape index (κ2) is 10.7. The molecule has 0 spiro atoms. The van der Waals surface area contributed by atoms with Gasteiger partial charge in [0.25, 0.3) is 17.7 Å². The van der Waals surface area contributed by atoms with Crippen molar-refractivity contribution in [3.05, 3.63) is 83.1 Å². The van der Waals surface area contributed by atoms with E-state index in [0.29, 0.717) is 17.0 Å². The van der Waals surface area contributed by atoms with Crippen LogP contribution in [0.5, 0.6) is 11.5 Å². The summed E-state index contributed by atoms with van der Waals surface area (Å²) < 4.78 is 50.5. The van der Waals surface area contributed by atoms with Gasteiger partial charge in [-0.15, -0.1) is 0 Å². The molecule has 1 aliphatic rings. The fraction of sp³-hybridized carbons (Fsp3) is 0.160. The zero-order valence-corrected chi connectivity index (χ0v) is 19.9. The maximum Gasteiger partial charge on any atom is 0.387 e. The van der Waals surface area contributed by atoms with E-state index in [-0.39, 0.29) is 54.0 Å². The number of amides is 3. The van der Waals surface area contributed by atoms with Crippen molar-refractivity contribution in [1.29, 1.82) is 0 Å². The molecule has 0 aliphatic carbocycles. The molecule has 2 aromatic heterocycles. The van der Waals surface area contributed by atoms with Gasteiger partial charge in [-0.2, -0.15) is 13.9 Å². The van der Waals surface area contributed by atoms with Crippen LogP contribution in [-0.4, -0.2) is 45.5 Å². The lowest BCUT2D eigenvalue weighted by atomic mass is 10.1. The number of benzene rings is 2. The molecule has 0 fully saturated rings. The molecule has 5 rings (SSSR count). The molecule has 0 saturated carbocycles. The molecule has 39 heavy (non-hydrogen) atoms. The molecule has 200 valence electrons. The summed E-state index contributed by atoms with van der Waals surface area (Å²) in [7, 11) is 0. The van der Waals surface area contributed by atoms with Crippen LogP contribution in [0.3, 0.4) is 0 Å². The summed E-state index contributed by atoms with van der Waals surface area (Å²) in [5.74, 6) is -2.27. The Labute approximate surface area is 217 Å². The predicted molar refractivity (Wildman–Crippen MR) is 129 cm³/mol. The molecule has 3 amide bonds. The Morgan fingerprint density at radius 1 is 1.10 bits per heavy atom. The molecule has 2 aromatic carbocycles. The van der Waals surface area contributed by atoms with E-state index < -0.39 is 24.2 Å². The molecular weight excluding hydrogens is 521 g/mol. The van der Waals surface area contributed by atoms with Gasteiger partial charge in [-0.25, -0.2) is 13.9 Å². The van der Waals surface area contributed by atoms with E-state index in [2.05, 4.69) is 30.8 Å². The molecule has 0 bridgehead atoms. The maximum absolute atomic E-state index is 14.4. The van der Waals surface area contributed by atoms with Gasteiger partial charge in [0.15, 0.2) is 18.1 Å². The number of ether oxygens (including phenoxy) is 2. The Balaban J connectivity index is 1.34. The van der Waals surface area contributed by atoms with Crippen molar-refractivity contribution in [3.63, 3.8) is 0 Å². The second-order valence-electron chi connectivity index (χ2n) is 8.27. The molecule has 0 unspecified atom stereocenters. The topological polar surface area (TPSA) is 136 Å². The van der Waals surface area contributed by atoms with Crippen molar-refractivity contribution in [3.8, 4) is 11.5 Å². The fourth-order valence-corrected chi connectivity index (χ4v) is 3.85. The van der Waals surface area contributed by atoms with Crippen molar-refractivity contribution in [2.24, 2.45) is 0 Å². The number of nitrogens with one attached hydrogen (secondary N) is 3. The maximum atomic E-state index is 14.4. The van der Waals surface area contributed by atoms with E-state index >= 15 is 0 Å². The van der Waals surface area contributed by atoms with Gasteiger partial charge in [0.1, 0.15) is 22.9 Å². The van der Waals surface area contributed by atoms with Gasteiger partial charge in [-0.3, -0.25) is 14.4 Å². The summed E-state index contributed by atoms with van der Waals surface area (Å²) in [4.78, 5) is 41.4. The average molecular weight is 540 g/mol. The van der Waals surface area contributed by atoms with Crippen LogP contribution in [0.4, 0.5) is 18.9 Å². The Morgan fingerprint density at radius 3 is 2.72 bits per heavy atom. The van der Waals surface area contributed by atoms with Gasteiger partial charge in [0.2, 0.25) is 0 Å². The third-order valence-electron chi connectivity index (χ3n) is 5.65. The summed E-state index contributed by atoms with van der Waals surface area (Å²) in [6.07, 6.45) is 0.843. The molecule has 0 atom stereocenters. The fourth-order valence-electron chi connectivity index (χ4n) is 3.85. The Kier molecular flexibility index (Phi) is 6.99. The van der Waals surface area contributed by atoms with E-state index in [4.69, 9.17) is 4.74 Å². The standard InChI is InChI=1S/C25H19F3N6O5/c26-15-11-31-34-18(24(37)30-10-14-3-1-2-4-19(14)39-25(27)28)8-17(33-22(15)34)23(36)29-9-13-5-6-20-16(7-13)32-21(35)12-38-20/h1-8,11,25H,9-10,12H2,(H,29,36)(H,30,37)(H,32,35). The van der Waals surface area contributed by atoms with Gasteiger partial charge in [-0.1, -0.05) is 24.3 Å². The van der Waals surface area contributed by atoms with Crippen molar-refractivity contribution < 1.29 is 37.0 Å². The number of hydrogen-bond acceptors (Lipinski definition) is 7. The molecule has 14 heteroatoms. The summed E-state index contributed by atoms with van der Waals surface area (Å²) in [6, 6.07) is 12.0. The number of para-hydroxylation sites is 1. The van der Waals surface area contributed by atoms with Gasteiger partial charge in [0.05, 0.1) is 11.9 Å². The lowest BCUT2D eigenvalue weighted by molar-refractivity contribution is -0.118. The first-order valence-electron chi connectivity index (χ1n) is 11.5. The number of anilines is 1. The van der Waals surface area contributed by atoms with Crippen LogP contribution in [0.15, 0.2) is 54.7 Å². The van der Waals surface area contributed by atoms with Crippen LogP contribution >= 0.6 is 0 Å². The Hall–Kier alpha value is -5.14.